The average molecular weight is 1020 g/mol. The summed E-state index contributed by atoms with van der Waals surface area (Å²) in [7, 11) is 1.44. The van der Waals surface area contributed by atoms with Gasteiger partial charge in [-0.25, -0.2) is 4.57 Å². The Morgan fingerprint density at radius 3 is 1.11 bits per heavy atom. The van der Waals surface area contributed by atoms with Gasteiger partial charge < -0.3 is 18.9 Å². The topological polar surface area (TPSA) is 108 Å². The zero-order valence-electron chi connectivity index (χ0n) is 46.1. The Bertz CT molecular complexity index is 1670. The van der Waals surface area contributed by atoms with Crippen molar-refractivity contribution >= 4 is 19.8 Å². The number of hydrogen-bond donors (Lipinski definition) is 1. The number of quaternary nitrogens is 1. The van der Waals surface area contributed by atoms with E-state index in [2.05, 4.69) is 148 Å². The van der Waals surface area contributed by atoms with Crippen molar-refractivity contribution < 1.29 is 42.1 Å². The Kier molecular flexibility index (Phi) is 49.2. The molecule has 0 saturated carbocycles. The second-order valence-electron chi connectivity index (χ2n) is 19.2. The Morgan fingerprint density at radius 1 is 0.431 bits per heavy atom. The maximum atomic E-state index is 12.8. The largest absolute Gasteiger partial charge is 0.472 e. The molecule has 0 aromatic heterocycles. The van der Waals surface area contributed by atoms with Gasteiger partial charge in [-0.2, -0.15) is 0 Å². The number of phosphoric acid groups is 1. The number of allylic oxidation sites excluding steroid dienone is 22. The fourth-order valence-corrected chi connectivity index (χ4v) is 7.67. The van der Waals surface area contributed by atoms with Crippen LogP contribution in [0.1, 0.15) is 194 Å². The van der Waals surface area contributed by atoms with Gasteiger partial charge in [0.05, 0.1) is 27.7 Å². The zero-order valence-corrected chi connectivity index (χ0v) is 47.0. The highest BCUT2D eigenvalue weighted by Gasteiger charge is 2.27. The first-order chi connectivity index (χ1) is 35.0. The summed E-state index contributed by atoms with van der Waals surface area (Å²) in [6, 6.07) is 0. The zero-order chi connectivity index (χ0) is 52.7. The third-order valence-corrected chi connectivity index (χ3v) is 12.2. The van der Waals surface area contributed by atoms with Crippen LogP contribution in [-0.2, 0) is 32.7 Å². The lowest BCUT2D eigenvalue weighted by Crippen LogP contribution is -2.37. The quantitative estimate of drug-likeness (QED) is 0.0211. The van der Waals surface area contributed by atoms with E-state index < -0.39 is 32.5 Å². The van der Waals surface area contributed by atoms with Crippen LogP contribution in [0.15, 0.2) is 134 Å². The predicted octanol–water partition coefficient (Wildman–Crippen LogP) is 17.4. The van der Waals surface area contributed by atoms with Gasteiger partial charge in [-0.05, 0) is 109 Å². The third kappa shape index (κ3) is 55.5. The Labute approximate surface area is 441 Å². The van der Waals surface area contributed by atoms with Crippen molar-refractivity contribution in [2.45, 2.75) is 200 Å². The van der Waals surface area contributed by atoms with Crippen LogP contribution in [0.4, 0.5) is 0 Å². The van der Waals surface area contributed by atoms with E-state index in [1.165, 1.54) is 32.1 Å². The molecule has 10 heteroatoms. The summed E-state index contributed by atoms with van der Waals surface area (Å²) in [6.45, 7) is 4.14. The van der Waals surface area contributed by atoms with Crippen LogP contribution in [0.5, 0.6) is 0 Å². The van der Waals surface area contributed by atoms with Crippen LogP contribution in [0.25, 0.3) is 0 Å². The number of hydrogen-bond acceptors (Lipinski definition) is 7. The van der Waals surface area contributed by atoms with E-state index in [-0.39, 0.29) is 26.1 Å². The molecule has 9 nitrogen and oxygen atoms in total. The molecule has 0 aromatic carbocycles. The molecule has 0 radical (unpaired) electrons. The molecule has 0 spiro atoms. The number of likely N-dealkylation sites (N-methyl/N-ethyl adjacent to an activating group) is 1. The van der Waals surface area contributed by atoms with Crippen molar-refractivity contribution in [2.24, 2.45) is 0 Å². The van der Waals surface area contributed by atoms with Crippen LogP contribution in [0, 0.1) is 0 Å². The lowest BCUT2D eigenvalue weighted by Gasteiger charge is -2.24. The molecule has 2 unspecified atom stereocenters. The second kappa shape index (κ2) is 52.0. The first kappa shape index (κ1) is 68.2. The smallest absolute Gasteiger partial charge is 0.462 e. The van der Waals surface area contributed by atoms with E-state index in [0.29, 0.717) is 23.9 Å². The van der Waals surface area contributed by atoms with E-state index >= 15 is 0 Å². The molecule has 0 bridgehead atoms. The number of carbonyl (C=O) groups excluding carboxylic acids is 2. The maximum Gasteiger partial charge on any atom is 0.472 e. The number of phosphoric ester groups is 1. The minimum atomic E-state index is -4.40. The van der Waals surface area contributed by atoms with Crippen LogP contribution in [-0.4, -0.2) is 74.9 Å². The molecule has 0 rings (SSSR count). The fraction of sp³-hybridized carbons (Fsp3) is 0.613. The molecule has 72 heavy (non-hydrogen) atoms. The van der Waals surface area contributed by atoms with Crippen molar-refractivity contribution in [3.63, 3.8) is 0 Å². The normalized spacial score (nSPS) is 14.4. The summed E-state index contributed by atoms with van der Waals surface area (Å²) >= 11 is 0. The minimum Gasteiger partial charge on any atom is -0.462 e. The molecular formula is C62H103NO8P+. The number of carbonyl (C=O) groups is 2. The van der Waals surface area contributed by atoms with Crippen LogP contribution >= 0.6 is 7.82 Å². The lowest BCUT2D eigenvalue weighted by molar-refractivity contribution is -0.870. The molecule has 0 aromatic rings. The van der Waals surface area contributed by atoms with E-state index in [4.69, 9.17) is 18.5 Å². The summed E-state index contributed by atoms with van der Waals surface area (Å²) in [5, 5.41) is 0. The summed E-state index contributed by atoms with van der Waals surface area (Å²) in [4.78, 5) is 35.6. The van der Waals surface area contributed by atoms with Crippen molar-refractivity contribution in [3.05, 3.63) is 134 Å². The molecule has 0 fully saturated rings. The summed E-state index contributed by atoms with van der Waals surface area (Å²) in [5.74, 6) is -0.844. The van der Waals surface area contributed by atoms with Gasteiger partial charge >= 0.3 is 19.8 Å². The molecule has 0 aliphatic heterocycles. The molecule has 2 atom stereocenters. The van der Waals surface area contributed by atoms with Gasteiger partial charge in [0.2, 0.25) is 0 Å². The molecule has 0 amide bonds. The van der Waals surface area contributed by atoms with Crippen molar-refractivity contribution in [1.82, 2.24) is 0 Å². The minimum absolute atomic E-state index is 0.0185. The van der Waals surface area contributed by atoms with E-state index in [0.717, 1.165) is 122 Å². The Morgan fingerprint density at radius 2 is 0.750 bits per heavy atom. The number of ether oxygens (including phenoxy) is 2. The van der Waals surface area contributed by atoms with E-state index in [1.54, 1.807) is 0 Å². The predicted molar refractivity (Wildman–Crippen MR) is 307 cm³/mol. The molecule has 0 saturated heterocycles. The number of rotatable bonds is 49. The molecule has 0 aliphatic carbocycles. The van der Waals surface area contributed by atoms with Crippen LogP contribution in [0.2, 0.25) is 0 Å². The van der Waals surface area contributed by atoms with Gasteiger partial charge in [0.25, 0.3) is 0 Å². The molecule has 0 heterocycles. The summed E-state index contributed by atoms with van der Waals surface area (Å²) in [5.41, 5.74) is 0. The van der Waals surface area contributed by atoms with Gasteiger partial charge in [-0.15, -0.1) is 0 Å². The van der Waals surface area contributed by atoms with Crippen LogP contribution in [0.3, 0.4) is 0 Å². The van der Waals surface area contributed by atoms with Crippen molar-refractivity contribution in [1.29, 1.82) is 0 Å². The monoisotopic (exact) mass is 1020 g/mol. The highest BCUT2D eigenvalue weighted by molar-refractivity contribution is 7.47. The van der Waals surface area contributed by atoms with E-state index in [9.17, 15) is 19.0 Å². The van der Waals surface area contributed by atoms with Gasteiger partial charge in [0.1, 0.15) is 19.8 Å². The number of unbranched alkanes of at least 4 members (excludes halogenated alkanes) is 13. The van der Waals surface area contributed by atoms with Crippen molar-refractivity contribution in [2.75, 3.05) is 47.5 Å². The second-order valence-corrected chi connectivity index (χ2v) is 20.7. The van der Waals surface area contributed by atoms with Gasteiger partial charge in [-0.1, -0.05) is 205 Å². The highest BCUT2D eigenvalue weighted by atomic mass is 31.2. The number of esters is 2. The summed E-state index contributed by atoms with van der Waals surface area (Å²) in [6.07, 6.45) is 75.1. The molecule has 408 valence electrons. The third-order valence-electron chi connectivity index (χ3n) is 11.2. The molecule has 0 aliphatic rings. The fourth-order valence-electron chi connectivity index (χ4n) is 6.93. The SMILES string of the molecule is CC/C=C\C/C=C\C/C=C\C/C=C\C/C=C\C/C=C\C/C=C\CCCCCCCCCCCC(=O)OC(COC(=O)CCCCCC/C=C\C/C=C\C/C=C\C/C=C\CC)COP(=O)(O)OCC[N+](C)(C)C. The first-order valence-corrected chi connectivity index (χ1v) is 29.4. The number of nitrogens with zero attached hydrogens (tertiary/aromatic N) is 1. The highest BCUT2D eigenvalue weighted by Crippen LogP contribution is 2.43. The first-order valence-electron chi connectivity index (χ1n) is 27.9. The van der Waals surface area contributed by atoms with E-state index in [1.807, 2.05) is 21.1 Å². The van der Waals surface area contributed by atoms with Gasteiger partial charge in [-0.3, -0.25) is 18.6 Å². The van der Waals surface area contributed by atoms with Crippen LogP contribution < -0.4 is 0 Å². The Balaban J connectivity index is 4.24. The van der Waals surface area contributed by atoms with Gasteiger partial charge in [0.15, 0.2) is 6.10 Å². The Hall–Kier alpha value is -3.85. The molecular weight excluding hydrogens is 918 g/mol. The van der Waals surface area contributed by atoms with Gasteiger partial charge in [0, 0.05) is 12.8 Å². The standard InChI is InChI=1S/C62H102NO8P/c1-6-8-10-12-14-16-18-20-22-24-25-26-27-28-29-30-31-32-33-34-35-36-37-39-41-43-45-47-49-51-53-55-62(65)71-60(59-70-72(66,67)69-57-56-63(3,4)5)58-68-61(64)54-52-50-48-46-44-42-40-38-23-21-19-17-15-13-11-9-7-2/h8-11,14-17,20-23,25-26,28-29,31-32,34-35,40,42,60H,6-7,12-13,18-19,24,27,30,33,36-39,41,43-59H2,1-5H3/p+1/b10-8-,11-9-,16-14-,17-15-,22-20-,23-21-,26-25-,29-28-,32-31-,35-34-,42-40-. The maximum absolute atomic E-state index is 12.8. The summed E-state index contributed by atoms with van der Waals surface area (Å²) < 4.78 is 34.5. The molecule has 1 N–H and O–H groups in total. The van der Waals surface area contributed by atoms with Crippen molar-refractivity contribution in [3.8, 4) is 0 Å². The lowest BCUT2D eigenvalue weighted by atomic mass is 10.1. The average Bonchev–Trinajstić information content (AvgIpc) is 3.34.